The van der Waals surface area contributed by atoms with Crippen molar-refractivity contribution in [2.75, 3.05) is 6.54 Å². The normalized spacial score (nSPS) is 18.4. The van der Waals surface area contributed by atoms with E-state index in [1.807, 2.05) is 0 Å². The number of carboxylic acid groups (broad SMARTS) is 1. The summed E-state index contributed by atoms with van der Waals surface area (Å²) in [7, 11) is 0. The molecule has 20 heavy (non-hydrogen) atoms. The minimum absolute atomic E-state index is 0.0652. The van der Waals surface area contributed by atoms with Crippen molar-refractivity contribution in [3.63, 3.8) is 0 Å². The molecule has 0 aromatic rings. The van der Waals surface area contributed by atoms with Crippen LogP contribution < -0.4 is 0 Å². The van der Waals surface area contributed by atoms with Crippen molar-refractivity contribution >= 4 is 11.9 Å². The second-order valence-corrected chi connectivity index (χ2v) is 5.85. The minimum atomic E-state index is -0.800. The molecule has 1 amide bonds. The summed E-state index contributed by atoms with van der Waals surface area (Å²) in [5.74, 6) is -0.645. The van der Waals surface area contributed by atoms with E-state index >= 15 is 0 Å². The first kappa shape index (κ1) is 17.0. The largest absolute Gasteiger partial charge is 0.481 e. The van der Waals surface area contributed by atoms with Crippen LogP contribution in [0.25, 0.3) is 0 Å². The van der Waals surface area contributed by atoms with E-state index in [-0.39, 0.29) is 18.4 Å². The highest BCUT2D eigenvalue weighted by molar-refractivity contribution is 5.78. The van der Waals surface area contributed by atoms with Crippen molar-refractivity contribution in [3.05, 3.63) is 0 Å². The van der Waals surface area contributed by atoms with Crippen LogP contribution in [0.3, 0.4) is 0 Å². The molecule has 0 aliphatic carbocycles. The number of hydrogen-bond donors (Lipinski definition) is 1. The van der Waals surface area contributed by atoms with Crippen LogP contribution in [0.4, 0.5) is 0 Å². The maximum atomic E-state index is 12.1. The number of carbonyl (C=O) groups excluding carboxylic acids is 1. The molecular formula is C16H29NO3. The first-order valence-corrected chi connectivity index (χ1v) is 8.16. The van der Waals surface area contributed by atoms with Gasteiger partial charge in [-0.3, -0.25) is 9.59 Å². The van der Waals surface area contributed by atoms with E-state index in [1.54, 1.807) is 4.90 Å². The smallest absolute Gasteiger partial charge is 0.305 e. The van der Waals surface area contributed by atoms with Crippen LogP contribution >= 0.6 is 0 Å². The Bertz CT molecular complexity index is 304. The summed E-state index contributed by atoms with van der Waals surface area (Å²) in [5, 5.41) is 8.85. The molecule has 4 nitrogen and oxygen atoms in total. The molecule has 1 aliphatic rings. The predicted molar refractivity (Wildman–Crippen MR) is 79.6 cm³/mol. The molecule has 0 spiro atoms. The van der Waals surface area contributed by atoms with Gasteiger partial charge in [0.1, 0.15) is 0 Å². The van der Waals surface area contributed by atoms with Crippen molar-refractivity contribution in [1.82, 2.24) is 4.90 Å². The molecule has 0 saturated carbocycles. The van der Waals surface area contributed by atoms with Gasteiger partial charge in [0.15, 0.2) is 0 Å². The van der Waals surface area contributed by atoms with Crippen molar-refractivity contribution in [2.24, 2.45) is 0 Å². The molecule has 1 heterocycles. The van der Waals surface area contributed by atoms with E-state index in [0.29, 0.717) is 6.42 Å². The zero-order valence-electron chi connectivity index (χ0n) is 12.8. The zero-order chi connectivity index (χ0) is 14.8. The van der Waals surface area contributed by atoms with Crippen molar-refractivity contribution < 1.29 is 14.7 Å². The van der Waals surface area contributed by atoms with E-state index < -0.39 is 5.97 Å². The Morgan fingerprint density at radius 2 is 1.75 bits per heavy atom. The van der Waals surface area contributed by atoms with Gasteiger partial charge >= 0.3 is 5.97 Å². The number of carboxylic acids is 1. The summed E-state index contributed by atoms with van der Waals surface area (Å²) in [6, 6.07) is -0.0652. The van der Waals surface area contributed by atoms with Crippen LogP contribution in [0.2, 0.25) is 0 Å². The molecule has 116 valence electrons. The third-order valence-corrected chi connectivity index (χ3v) is 4.10. The number of aliphatic carboxylic acids is 1. The third kappa shape index (κ3) is 6.40. The van der Waals surface area contributed by atoms with E-state index in [0.717, 1.165) is 32.2 Å². The molecule has 0 aromatic carbocycles. The lowest BCUT2D eigenvalue weighted by atomic mass is 10.1. The summed E-state index contributed by atoms with van der Waals surface area (Å²) in [6.45, 7) is 2.95. The average molecular weight is 283 g/mol. The van der Waals surface area contributed by atoms with Gasteiger partial charge in [-0.05, 0) is 19.3 Å². The molecule has 1 rings (SSSR count). The Morgan fingerprint density at radius 1 is 1.10 bits per heavy atom. The first-order valence-electron chi connectivity index (χ1n) is 8.16. The van der Waals surface area contributed by atoms with E-state index in [9.17, 15) is 9.59 Å². The van der Waals surface area contributed by atoms with Crippen LogP contribution in [0.5, 0.6) is 0 Å². The quantitative estimate of drug-likeness (QED) is 0.623. The number of unbranched alkanes of at least 4 members (excludes halogenated alkanes) is 6. The third-order valence-electron chi connectivity index (χ3n) is 4.10. The number of rotatable bonds is 10. The molecule has 1 saturated heterocycles. The minimum Gasteiger partial charge on any atom is -0.481 e. The van der Waals surface area contributed by atoms with E-state index in [4.69, 9.17) is 5.11 Å². The average Bonchev–Trinajstić information content (AvgIpc) is 2.84. The maximum absolute atomic E-state index is 12.1. The fraction of sp³-hybridized carbons (Fsp3) is 0.875. The number of amides is 1. The lowest BCUT2D eigenvalue weighted by Crippen LogP contribution is -2.36. The molecule has 1 unspecified atom stereocenters. The summed E-state index contributed by atoms with van der Waals surface area (Å²) in [4.78, 5) is 24.7. The molecule has 1 atom stereocenters. The molecule has 0 radical (unpaired) electrons. The lowest BCUT2D eigenvalue weighted by molar-refractivity contribution is -0.139. The fourth-order valence-corrected chi connectivity index (χ4v) is 2.95. The molecule has 0 bridgehead atoms. The lowest BCUT2D eigenvalue weighted by Gasteiger charge is -2.23. The highest BCUT2D eigenvalue weighted by Gasteiger charge is 2.29. The van der Waals surface area contributed by atoms with Crippen LogP contribution in [-0.4, -0.2) is 34.5 Å². The van der Waals surface area contributed by atoms with Crippen LogP contribution in [-0.2, 0) is 9.59 Å². The second-order valence-electron chi connectivity index (χ2n) is 5.85. The van der Waals surface area contributed by atoms with Crippen molar-refractivity contribution in [1.29, 1.82) is 0 Å². The molecular weight excluding hydrogens is 254 g/mol. The Labute approximate surface area is 122 Å². The van der Waals surface area contributed by atoms with Crippen molar-refractivity contribution in [2.45, 2.75) is 83.6 Å². The SMILES string of the molecule is CCCCCCCCCC(=O)N1CCCC1CC(=O)O. The molecule has 1 fully saturated rings. The Kier molecular flexibility index (Phi) is 8.31. The summed E-state index contributed by atoms with van der Waals surface area (Å²) >= 11 is 0. The number of hydrogen-bond acceptors (Lipinski definition) is 2. The first-order chi connectivity index (χ1) is 9.65. The molecule has 4 heteroatoms. The molecule has 1 aliphatic heterocycles. The number of likely N-dealkylation sites (tertiary alicyclic amines) is 1. The maximum Gasteiger partial charge on any atom is 0.305 e. The fourth-order valence-electron chi connectivity index (χ4n) is 2.95. The zero-order valence-corrected chi connectivity index (χ0v) is 12.8. The number of nitrogens with zero attached hydrogens (tertiary/aromatic N) is 1. The topological polar surface area (TPSA) is 57.6 Å². The standard InChI is InChI=1S/C16H29NO3/c1-2-3-4-5-6-7-8-11-15(18)17-12-9-10-14(17)13-16(19)20/h14H,2-13H2,1H3,(H,19,20). The van der Waals surface area contributed by atoms with Gasteiger partial charge in [-0.2, -0.15) is 0 Å². The van der Waals surface area contributed by atoms with E-state index in [1.165, 1.54) is 32.1 Å². The van der Waals surface area contributed by atoms with Gasteiger partial charge in [-0.1, -0.05) is 45.4 Å². The van der Waals surface area contributed by atoms with E-state index in [2.05, 4.69) is 6.92 Å². The predicted octanol–water partition coefficient (Wildman–Crippen LogP) is 3.59. The summed E-state index contributed by atoms with van der Waals surface area (Å²) in [6.07, 6.45) is 10.9. The molecule has 1 N–H and O–H groups in total. The Balaban J connectivity index is 2.13. The second kappa shape index (κ2) is 9.78. The van der Waals surface area contributed by atoms with Gasteiger partial charge in [0.2, 0.25) is 5.91 Å². The van der Waals surface area contributed by atoms with Gasteiger partial charge in [0, 0.05) is 19.0 Å². The Hall–Kier alpha value is -1.06. The van der Waals surface area contributed by atoms with Gasteiger partial charge in [0.05, 0.1) is 6.42 Å². The Morgan fingerprint density at radius 3 is 2.40 bits per heavy atom. The van der Waals surface area contributed by atoms with Crippen molar-refractivity contribution in [3.8, 4) is 0 Å². The summed E-state index contributed by atoms with van der Waals surface area (Å²) in [5.41, 5.74) is 0. The van der Waals surface area contributed by atoms with Gasteiger partial charge in [-0.25, -0.2) is 0 Å². The molecule has 0 aromatic heterocycles. The van der Waals surface area contributed by atoms with Gasteiger partial charge < -0.3 is 10.0 Å². The van der Waals surface area contributed by atoms with Crippen LogP contribution in [0.1, 0.15) is 77.6 Å². The number of carbonyl (C=O) groups is 2. The van der Waals surface area contributed by atoms with Gasteiger partial charge in [0.25, 0.3) is 0 Å². The highest BCUT2D eigenvalue weighted by atomic mass is 16.4. The van der Waals surface area contributed by atoms with Crippen LogP contribution in [0.15, 0.2) is 0 Å². The monoisotopic (exact) mass is 283 g/mol. The summed E-state index contributed by atoms with van der Waals surface area (Å²) < 4.78 is 0. The highest BCUT2D eigenvalue weighted by Crippen LogP contribution is 2.21. The van der Waals surface area contributed by atoms with Gasteiger partial charge in [-0.15, -0.1) is 0 Å². The van der Waals surface area contributed by atoms with Crippen LogP contribution in [0, 0.1) is 0 Å².